The predicted molar refractivity (Wildman–Crippen MR) is 69.5 cm³/mol. The molecule has 0 amide bonds. The van der Waals surface area contributed by atoms with Crippen LogP contribution in [0.5, 0.6) is 0 Å². The lowest BCUT2D eigenvalue weighted by Gasteiger charge is -1.99. The minimum Gasteiger partial charge on any atom is -0.388 e. The van der Waals surface area contributed by atoms with Gasteiger partial charge in [0.15, 0.2) is 0 Å². The first-order valence-electron chi connectivity index (χ1n) is 5.27. The molecule has 0 radical (unpaired) electrons. The van der Waals surface area contributed by atoms with Gasteiger partial charge in [-0.25, -0.2) is 0 Å². The van der Waals surface area contributed by atoms with Gasteiger partial charge in [-0.1, -0.05) is 42.5 Å². The maximum atomic E-state index is 8.65. The van der Waals surface area contributed by atoms with Gasteiger partial charge in [0.05, 0.1) is 11.6 Å². The van der Waals surface area contributed by atoms with E-state index >= 15 is 0 Å². The second-order valence-corrected chi connectivity index (χ2v) is 3.46. The number of hydrogen-bond acceptors (Lipinski definition) is 2. The fourth-order valence-electron chi connectivity index (χ4n) is 1.37. The van der Waals surface area contributed by atoms with Crippen LogP contribution in [0, 0.1) is 11.3 Å². The van der Waals surface area contributed by atoms with Crippen LogP contribution in [0.15, 0.2) is 54.6 Å². The summed E-state index contributed by atoms with van der Waals surface area (Å²) >= 11 is 0. The van der Waals surface area contributed by atoms with Crippen molar-refractivity contribution in [2.24, 2.45) is 0 Å². The molecule has 0 saturated carbocycles. The minimum atomic E-state index is 0.699. The van der Waals surface area contributed by atoms with E-state index in [1.165, 1.54) is 5.56 Å². The molecule has 0 aliphatic heterocycles. The van der Waals surface area contributed by atoms with E-state index in [4.69, 9.17) is 5.26 Å². The van der Waals surface area contributed by atoms with Crippen LogP contribution in [-0.4, -0.2) is 14.2 Å². The molecule has 0 spiro atoms. The SMILES string of the molecule is COC.N#Cc1ccc(-c2ccccc2)cc1. The van der Waals surface area contributed by atoms with Crippen molar-refractivity contribution in [1.82, 2.24) is 0 Å². The van der Waals surface area contributed by atoms with E-state index in [1.807, 2.05) is 42.5 Å². The van der Waals surface area contributed by atoms with Gasteiger partial charge in [-0.3, -0.25) is 0 Å². The summed E-state index contributed by atoms with van der Waals surface area (Å²) in [4.78, 5) is 0. The fourth-order valence-corrected chi connectivity index (χ4v) is 1.37. The molecule has 0 aliphatic rings. The monoisotopic (exact) mass is 225 g/mol. The van der Waals surface area contributed by atoms with Crippen molar-refractivity contribution in [2.45, 2.75) is 0 Å². The summed E-state index contributed by atoms with van der Waals surface area (Å²) in [6, 6.07) is 19.8. The Kier molecular flexibility index (Phi) is 5.50. The van der Waals surface area contributed by atoms with Crippen LogP contribution in [-0.2, 0) is 4.74 Å². The lowest BCUT2D eigenvalue weighted by atomic mass is 10.0. The Morgan fingerprint density at radius 3 is 1.76 bits per heavy atom. The highest BCUT2D eigenvalue weighted by molar-refractivity contribution is 5.63. The van der Waals surface area contributed by atoms with Gasteiger partial charge >= 0.3 is 0 Å². The van der Waals surface area contributed by atoms with Gasteiger partial charge in [0.1, 0.15) is 0 Å². The van der Waals surface area contributed by atoms with Gasteiger partial charge in [-0.15, -0.1) is 0 Å². The molecule has 0 saturated heterocycles. The maximum absolute atomic E-state index is 8.65. The Morgan fingerprint density at radius 1 is 0.824 bits per heavy atom. The van der Waals surface area contributed by atoms with Crippen LogP contribution in [0.4, 0.5) is 0 Å². The van der Waals surface area contributed by atoms with E-state index < -0.39 is 0 Å². The Hall–Kier alpha value is -2.11. The molecule has 0 fully saturated rings. The van der Waals surface area contributed by atoms with Crippen LogP contribution < -0.4 is 0 Å². The van der Waals surface area contributed by atoms with E-state index in [-0.39, 0.29) is 0 Å². The molecule has 2 rings (SSSR count). The largest absolute Gasteiger partial charge is 0.388 e. The third-order valence-electron chi connectivity index (χ3n) is 2.12. The first-order chi connectivity index (χ1) is 8.31. The number of benzene rings is 2. The minimum absolute atomic E-state index is 0.699. The normalized spacial score (nSPS) is 8.76. The Balaban J connectivity index is 0.000000437. The molecule has 2 aromatic rings. The number of methoxy groups -OCH3 is 1. The van der Waals surface area contributed by atoms with Crippen molar-refractivity contribution in [3.8, 4) is 17.2 Å². The quantitative estimate of drug-likeness (QED) is 0.744. The van der Waals surface area contributed by atoms with Gasteiger partial charge in [-0.2, -0.15) is 5.26 Å². The first-order valence-corrected chi connectivity index (χ1v) is 5.27. The third kappa shape index (κ3) is 4.10. The number of ether oxygens (including phenoxy) is 1. The van der Waals surface area contributed by atoms with Gasteiger partial charge in [0.2, 0.25) is 0 Å². The van der Waals surface area contributed by atoms with E-state index in [9.17, 15) is 0 Å². The van der Waals surface area contributed by atoms with E-state index in [0.717, 1.165) is 5.56 Å². The summed E-state index contributed by atoms with van der Waals surface area (Å²) in [6.45, 7) is 0. The third-order valence-corrected chi connectivity index (χ3v) is 2.12. The molecule has 0 unspecified atom stereocenters. The second kappa shape index (κ2) is 7.21. The standard InChI is InChI=1S/C13H9N.C2H6O/c14-10-11-6-8-13(9-7-11)12-4-2-1-3-5-12;1-3-2/h1-9H;1-2H3. The average Bonchev–Trinajstić information content (AvgIpc) is 2.41. The van der Waals surface area contributed by atoms with E-state index in [0.29, 0.717) is 5.56 Å². The zero-order valence-electron chi connectivity index (χ0n) is 10.1. The zero-order chi connectivity index (χ0) is 12.5. The summed E-state index contributed by atoms with van der Waals surface area (Å²) < 4.78 is 4.25. The van der Waals surface area contributed by atoms with Crippen molar-refractivity contribution in [3.05, 3.63) is 60.2 Å². The molecule has 2 nitrogen and oxygen atoms in total. The number of rotatable bonds is 1. The fraction of sp³-hybridized carbons (Fsp3) is 0.133. The molecular formula is C15H15NO. The van der Waals surface area contributed by atoms with Gasteiger partial charge < -0.3 is 4.74 Å². The smallest absolute Gasteiger partial charge is 0.0991 e. The molecule has 0 heterocycles. The maximum Gasteiger partial charge on any atom is 0.0991 e. The van der Waals surface area contributed by atoms with Gasteiger partial charge in [0, 0.05) is 14.2 Å². The lowest BCUT2D eigenvalue weighted by molar-refractivity contribution is 0.277. The number of hydrogen-bond donors (Lipinski definition) is 0. The zero-order valence-corrected chi connectivity index (χ0v) is 10.1. The topological polar surface area (TPSA) is 33.0 Å². The van der Waals surface area contributed by atoms with Crippen LogP contribution in [0.2, 0.25) is 0 Å². The van der Waals surface area contributed by atoms with Crippen molar-refractivity contribution in [3.63, 3.8) is 0 Å². The summed E-state index contributed by atoms with van der Waals surface area (Å²) in [6.07, 6.45) is 0. The molecule has 2 aromatic carbocycles. The van der Waals surface area contributed by atoms with Crippen molar-refractivity contribution >= 4 is 0 Å². The molecule has 2 heteroatoms. The van der Waals surface area contributed by atoms with Crippen molar-refractivity contribution in [1.29, 1.82) is 5.26 Å². The average molecular weight is 225 g/mol. The van der Waals surface area contributed by atoms with Crippen molar-refractivity contribution < 1.29 is 4.74 Å². The van der Waals surface area contributed by atoms with Gasteiger partial charge in [0.25, 0.3) is 0 Å². The van der Waals surface area contributed by atoms with Crippen molar-refractivity contribution in [2.75, 3.05) is 14.2 Å². The predicted octanol–water partition coefficient (Wildman–Crippen LogP) is 3.49. The first kappa shape index (κ1) is 13.0. The molecule has 0 bridgehead atoms. The van der Waals surface area contributed by atoms with E-state index in [1.54, 1.807) is 14.2 Å². The summed E-state index contributed by atoms with van der Waals surface area (Å²) in [5.74, 6) is 0. The molecule has 0 atom stereocenters. The summed E-state index contributed by atoms with van der Waals surface area (Å²) in [5, 5.41) is 8.65. The van der Waals surface area contributed by atoms with Crippen LogP contribution in [0.3, 0.4) is 0 Å². The molecular weight excluding hydrogens is 210 g/mol. The van der Waals surface area contributed by atoms with Crippen LogP contribution in [0.1, 0.15) is 5.56 Å². The molecule has 86 valence electrons. The highest BCUT2D eigenvalue weighted by atomic mass is 16.4. The molecule has 0 N–H and O–H groups in total. The molecule has 0 aromatic heterocycles. The van der Waals surface area contributed by atoms with E-state index in [2.05, 4.69) is 22.9 Å². The highest BCUT2D eigenvalue weighted by Gasteiger charge is 1.95. The lowest BCUT2D eigenvalue weighted by Crippen LogP contribution is -1.77. The number of nitriles is 1. The van der Waals surface area contributed by atoms with Gasteiger partial charge in [-0.05, 0) is 23.3 Å². The Labute approximate surface area is 102 Å². The molecule has 0 aliphatic carbocycles. The Morgan fingerprint density at radius 2 is 1.29 bits per heavy atom. The van der Waals surface area contributed by atoms with Crippen LogP contribution >= 0.6 is 0 Å². The second-order valence-electron chi connectivity index (χ2n) is 3.46. The number of nitrogens with zero attached hydrogens (tertiary/aromatic N) is 1. The summed E-state index contributed by atoms with van der Waals surface area (Å²) in [5.41, 5.74) is 3.02. The van der Waals surface area contributed by atoms with Crippen LogP contribution in [0.25, 0.3) is 11.1 Å². The highest BCUT2D eigenvalue weighted by Crippen LogP contribution is 2.18. The molecule has 17 heavy (non-hydrogen) atoms. The Bertz CT molecular complexity index is 469. The summed E-state index contributed by atoms with van der Waals surface area (Å²) in [7, 11) is 3.25.